The van der Waals surface area contributed by atoms with Crippen molar-refractivity contribution in [1.82, 2.24) is 9.97 Å². The second kappa shape index (κ2) is 9.30. The Morgan fingerprint density at radius 2 is 1.71 bits per heavy atom. The Labute approximate surface area is 206 Å². The number of nitrogens with one attached hydrogen (secondary N) is 2. The molecule has 180 valence electrons. The molecule has 1 aromatic carbocycles. The lowest BCUT2D eigenvalue weighted by molar-refractivity contribution is 0.316. The van der Waals surface area contributed by atoms with Gasteiger partial charge in [0.2, 0.25) is 9.84 Å². The van der Waals surface area contributed by atoms with Gasteiger partial charge >= 0.3 is 0 Å². The van der Waals surface area contributed by atoms with E-state index in [0.717, 1.165) is 42.9 Å². The summed E-state index contributed by atoms with van der Waals surface area (Å²) in [4.78, 5) is 11.4. The number of sulfone groups is 1. The Morgan fingerprint density at radius 3 is 2.47 bits per heavy atom. The third kappa shape index (κ3) is 5.13. The van der Waals surface area contributed by atoms with Crippen molar-refractivity contribution in [2.45, 2.75) is 81.0 Å². The zero-order valence-corrected chi connectivity index (χ0v) is 21.4. The van der Waals surface area contributed by atoms with Gasteiger partial charge in [0.15, 0.2) is 5.13 Å². The van der Waals surface area contributed by atoms with Gasteiger partial charge in [-0.3, -0.25) is 0 Å². The van der Waals surface area contributed by atoms with Crippen LogP contribution >= 0.6 is 11.3 Å². The fourth-order valence-electron chi connectivity index (χ4n) is 4.85. The molecule has 0 saturated heterocycles. The van der Waals surface area contributed by atoms with Gasteiger partial charge in [0.25, 0.3) is 0 Å². The van der Waals surface area contributed by atoms with Crippen molar-refractivity contribution in [3.63, 3.8) is 0 Å². The van der Waals surface area contributed by atoms with Gasteiger partial charge < -0.3 is 10.6 Å². The molecule has 0 atom stereocenters. The van der Waals surface area contributed by atoms with Crippen LogP contribution in [0.15, 0.2) is 52.3 Å². The molecule has 0 amide bonds. The molecule has 0 radical (unpaired) electrons. The zero-order valence-electron chi connectivity index (χ0n) is 19.8. The van der Waals surface area contributed by atoms with E-state index in [1.807, 2.05) is 6.07 Å². The van der Waals surface area contributed by atoms with Crippen molar-refractivity contribution in [3.8, 4) is 0 Å². The van der Waals surface area contributed by atoms with Gasteiger partial charge in [-0.25, -0.2) is 18.4 Å². The van der Waals surface area contributed by atoms with Crippen molar-refractivity contribution < 1.29 is 8.42 Å². The largest absolute Gasteiger partial charge is 0.367 e. The van der Waals surface area contributed by atoms with E-state index < -0.39 is 9.84 Å². The standard InChI is InChI=1S/C26H32N4O2S2/c1-26(2)14-13-21-22(17-26)33-25(28-21)30-24-16-20(34(31,32)19-11-7-4-8-12-19)15-23(29-24)27-18-9-5-3-6-10-18/h4,7-8,11-12,15-16,18H,3,5-6,9-10,13-14,17H2,1-2H3,(H2,27,28,29,30). The predicted octanol–water partition coefficient (Wildman–Crippen LogP) is 6.37. The van der Waals surface area contributed by atoms with Crippen LogP contribution in [0, 0.1) is 5.41 Å². The monoisotopic (exact) mass is 496 g/mol. The van der Waals surface area contributed by atoms with Crippen LogP contribution in [0.4, 0.5) is 16.8 Å². The highest BCUT2D eigenvalue weighted by Crippen LogP contribution is 2.39. The second-order valence-electron chi connectivity index (χ2n) is 10.2. The minimum absolute atomic E-state index is 0.233. The molecule has 0 unspecified atom stereocenters. The molecule has 0 spiro atoms. The molecular formula is C26H32N4O2S2. The normalized spacial score (nSPS) is 18.3. The molecule has 2 aliphatic rings. The molecule has 3 aromatic rings. The van der Waals surface area contributed by atoms with E-state index in [2.05, 4.69) is 24.5 Å². The number of hydrogen-bond acceptors (Lipinski definition) is 7. The molecule has 2 aliphatic carbocycles. The first-order valence-corrected chi connectivity index (χ1v) is 14.4. The van der Waals surface area contributed by atoms with Gasteiger partial charge in [-0.1, -0.05) is 51.3 Å². The van der Waals surface area contributed by atoms with E-state index in [9.17, 15) is 8.42 Å². The van der Waals surface area contributed by atoms with Gasteiger partial charge in [-0.15, -0.1) is 11.3 Å². The van der Waals surface area contributed by atoms with Gasteiger partial charge in [0.1, 0.15) is 11.6 Å². The predicted molar refractivity (Wildman–Crippen MR) is 138 cm³/mol. The summed E-state index contributed by atoms with van der Waals surface area (Å²) in [5.74, 6) is 1.09. The van der Waals surface area contributed by atoms with Crippen LogP contribution in [0.3, 0.4) is 0 Å². The molecule has 2 heterocycles. The summed E-state index contributed by atoms with van der Waals surface area (Å²) in [6.45, 7) is 4.59. The van der Waals surface area contributed by atoms with Crippen LogP contribution in [0.5, 0.6) is 0 Å². The molecule has 5 rings (SSSR count). The van der Waals surface area contributed by atoms with Crippen LogP contribution < -0.4 is 10.6 Å². The summed E-state index contributed by atoms with van der Waals surface area (Å²) >= 11 is 1.65. The highest BCUT2D eigenvalue weighted by atomic mass is 32.2. The molecule has 1 saturated carbocycles. The third-order valence-corrected chi connectivity index (χ3v) is 9.57. The minimum atomic E-state index is -3.67. The number of pyridine rings is 1. The van der Waals surface area contributed by atoms with Gasteiger partial charge in [0.05, 0.1) is 15.5 Å². The number of anilines is 3. The summed E-state index contributed by atoms with van der Waals surface area (Å²) in [6.07, 6.45) is 8.91. The fourth-order valence-corrected chi connectivity index (χ4v) is 7.44. The van der Waals surface area contributed by atoms with Crippen LogP contribution in [-0.4, -0.2) is 24.4 Å². The van der Waals surface area contributed by atoms with Gasteiger partial charge in [-0.2, -0.15) is 0 Å². The molecule has 6 nitrogen and oxygen atoms in total. The molecule has 34 heavy (non-hydrogen) atoms. The Bertz CT molecular complexity index is 1260. The Kier molecular flexibility index (Phi) is 6.37. The first-order chi connectivity index (χ1) is 16.3. The molecule has 0 bridgehead atoms. The van der Waals surface area contributed by atoms with Crippen LogP contribution in [0.2, 0.25) is 0 Å². The zero-order chi connectivity index (χ0) is 23.8. The average Bonchev–Trinajstić information content (AvgIpc) is 3.20. The molecule has 2 aromatic heterocycles. The van der Waals surface area contributed by atoms with Crippen molar-refractivity contribution in [1.29, 1.82) is 0 Å². The number of aromatic nitrogens is 2. The minimum Gasteiger partial charge on any atom is -0.367 e. The first kappa shape index (κ1) is 23.3. The highest BCUT2D eigenvalue weighted by Gasteiger charge is 2.28. The van der Waals surface area contributed by atoms with E-state index in [-0.39, 0.29) is 15.2 Å². The topological polar surface area (TPSA) is 84.0 Å². The highest BCUT2D eigenvalue weighted by molar-refractivity contribution is 7.91. The number of benzene rings is 1. The Balaban J connectivity index is 1.48. The maximum atomic E-state index is 13.4. The first-order valence-electron chi connectivity index (χ1n) is 12.1. The number of aryl methyl sites for hydroxylation is 1. The van der Waals surface area contributed by atoms with E-state index in [0.29, 0.717) is 17.7 Å². The molecule has 2 N–H and O–H groups in total. The number of hydrogen-bond donors (Lipinski definition) is 2. The summed E-state index contributed by atoms with van der Waals surface area (Å²) in [6, 6.07) is 12.2. The second-order valence-corrected chi connectivity index (χ2v) is 13.3. The van der Waals surface area contributed by atoms with E-state index in [1.54, 1.807) is 47.7 Å². The van der Waals surface area contributed by atoms with E-state index >= 15 is 0 Å². The summed E-state index contributed by atoms with van der Waals surface area (Å²) in [5, 5.41) is 7.59. The molecule has 0 aliphatic heterocycles. The third-order valence-electron chi connectivity index (χ3n) is 6.81. The van der Waals surface area contributed by atoms with Crippen molar-refractivity contribution >= 4 is 37.9 Å². The molecule has 8 heteroatoms. The average molecular weight is 497 g/mol. The lowest BCUT2D eigenvalue weighted by Gasteiger charge is -2.28. The number of nitrogens with zero attached hydrogens (tertiary/aromatic N) is 2. The number of thiazole rings is 1. The van der Waals surface area contributed by atoms with Gasteiger partial charge in [0, 0.05) is 17.0 Å². The van der Waals surface area contributed by atoms with Crippen molar-refractivity contribution in [2.24, 2.45) is 5.41 Å². The van der Waals surface area contributed by atoms with Crippen molar-refractivity contribution in [3.05, 3.63) is 53.0 Å². The van der Waals surface area contributed by atoms with Gasteiger partial charge in [-0.05, 0) is 55.7 Å². The lowest BCUT2D eigenvalue weighted by Crippen LogP contribution is -2.23. The van der Waals surface area contributed by atoms with Crippen molar-refractivity contribution in [2.75, 3.05) is 10.6 Å². The SMILES string of the molecule is CC1(C)CCc2nc(Nc3cc(S(=O)(=O)c4ccccc4)cc(NC4CCCCC4)n3)sc2C1. The Hall–Kier alpha value is -2.45. The summed E-state index contributed by atoms with van der Waals surface area (Å²) in [5.41, 5.74) is 1.44. The van der Waals surface area contributed by atoms with Crippen LogP contribution in [0.25, 0.3) is 0 Å². The fraction of sp³-hybridized carbons (Fsp3) is 0.462. The smallest absolute Gasteiger partial charge is 0.206 e. The lowest BCUT2D eigenvalue weighted by atomic mass is 9.79. The van der Waals surface area contributed by atoms with E-state index in [4.69, 9.17) is 9.97 Å². The Morgan fingerprint density at radius 1 is 0.971 bits per heavy atom. The summed E-state index contributed by atoms with van der Waals surface area (Å²) < 4.78 is 26.8. The quantitative estimate of drug-likeness (QED) is 0.412. The van der Waals surface area contributed by atoms with Crippen LogP contribution in [-0.2, 0) is 22.7 Å². The number of rotatable bonds is 6. The molecule has 1 fully saturated rings. The van der Waals surface area contributed by atoms with E-state index in [1.165, 1.54) is 24.1 Å². The summed E-state index contributed by atoms with van der Waals surface area (Å²) in [7, 11) is -3.67. The maximum Gasteiger partial charge on any atom is 0.206 e. The van der Waals surface area contributed by atoms with Crippen LogP contribution in [0.1, 0.15) is 62.9 Å². The maximum absolute atomic E-state index is 13.4. The number of fused-ring (bicyclic) bond motifs is 1. The molecular weight excluding hydrogens is 464 g/mol.